The van der Waals surface area contributed by atoms with Crippen molar-refractivity contribution in [3.8, 4) is 0 Å². The topological polar surface area (TPSA) is 118 Å². The molecule has 0 aliphatic rings. The average molecular weight is 308 g/mol. The summed E-state index contributed by atoms with van der Waals surface area (Å²) in [7, 11) is -10.2. The van der Waals surface area contributed by atoms with Crippen molar-refractivity contribution in [2.75, 3.05) is 0 Å². The molecule has 0 bridgehead atoms. The first kappa shape index (κ1) is 17.8. The normalized spacial score (nSPS) is 11.1. The van der Waals surface area contributed by atoms with Crippen LogP contribution in [-0.2, 0) is 45.5 Å². The first-order chi connectivity index (χ1) is 3.71. The number of rotatable bonds is 2. The van der Waals surface area contributed by atoms with Gasteiger partial charge in [-0.1, -0.05) is 0 Å². The zero-order valence-corrected chi connectivity index (χ0v) is 9.92. The van der Waals surface area contributed by atoms with Gasteiger partial charge in [0.2, 0.25) is 0 Å². The molecule has 0 amide bonds. The molecule has 0 rings (SSSR count). The maximum atomic E-state index is 9.44. The monoisotopic (exact) mass is 310 g/mol. The summed E-state index contributed by atoms with van der Waals surface area (Å²) < 4.78 is 55.6. The predicted octanol–water partition coefficient (Wildman–Crippen LogP) is -1.34. The molecule has 70 valence electrons. The molecule has 11 heavy (non-hydrogen) atoms. The number of hydrogen-bond acceptors (Lipinski definition) is 5. The summed E-state index contributed by atoms with van der Waals surface area (Å²) in [6, 6.07) is 0. The van der Waals surface area contributed by atoms with Gasteiger partial charge in [-0.3, -0.25) is 9.11 Å². The molecule has 1 atom stereocenters. The molecular formula is H5MoO7PS2. The van der Waals surface area contributed by atoms with Gasteiger partial charge in [0, 0.05) is 21.1 Å². The SMILES string of the molecule is O=S(=O)(O)OS(=O)(=O)O.P.[Mo]. The van der Waals surface area contributed by atoms with Crippen molar-refractivity contribution in [1.29, 1.82) is 0 Å². The van der Waals surface area contributed by atoms with E-state index in [0.717, 1.165) is 0 Å². The van der Waals surface area contributed by atoms with Gasteiger partial charge in [0.1, 0.15) is 0 Å². The minimum atomic E-state index is -5.12. The molecule has 0 aromatic rings. The van der Waals surface area contributed by atoms with Crippen LogP contribution >= 0.6 is 9.90 Å². The minimum Gasteiger partial charge on any atom is -0.263 e. The van der Waals surface area contributed by atoms with Gasteiger partial charge < -0.3 is 0 Å². The van der Waals surface area contributed by atoms with Crippen LogP contribution in [0.25, 0.3) is 0 Å². The second-order valence-electron chi connectivity index (χ2n) is 0.924. The largest absolute Gasteiger partial charge is 0.413 e. The van der Waals surface area contributed by atoms with Crippen molar-refractivity contribution in [2.24, 2.45) is 0 Å². The van der Waals surface area contributed by atoms with Crippen LogP contribution in [0.3, 0.4) is 0 Å². The third kappa shape index (κ3) is 18.1. The van der Waals surface area contributed by atoms with E-state index in [4.69, 9.17) is 9.11 Å². The molecule has 0 aromatic heterocycles. The van der Waals surface area contributed by atoms with E-state index in [-0.39, 0.29) is 31.0 Å². The molecule has 0 saturated heterocycles. The fourth-order valence-electron chi connectivity index (χ4n) is 0.109. The first-order valence-corrected chi connectivity index (χ1v) is 4.10. The molecule has 0 spiro atoms. The Morgan fingerprint density at radius 1 is 0.909 bits per heavy atom. The van der Waals surface area contributed by atoms with E-state index >= 15 is 0 Å². The second-order valence-corrected chi connectivity index (χ2v) is 3.18. The fourth-order valence-corrected chi connectivity index (χ4v) is 0.978. The maximum absolute atomic E-state index is 9.44. The van der Waals surface area contributed by atoms with Crippen LogP contribution in [0.4, 0.5) is 0 Å². The van der Waals surface area contributed by atoms with Gasteiger partial charge in [-0.2, -0.15) is 26.7 Å². The summed E-state index contributed by atoms with van der Waals surface area (Å²) in [4.78, 5) is 0. The van der Waals surface area contributed by atoms with Gasteiger partial charge in [0.25, 0.3) is 0 Å². The Morgan fingerprint density at radius 3 is 1.09 bits per heavy atom. The fraction of sp³-hybridized carbons (Fsp3) is 0. The number of hydrogen-bond donors (Lipinski definition) is 2. The van der Waals surface area contributed by atoms with Gasteiger partial charge in [0.05, 0.1) is 0 Å². The van der Waals surface area contributed by atoms with Crippen molar-refractivity contribution in [2.45, 2.75) is 0 Å². The van der Waals surface area contributed by atoms with Crippen LogP contribution in [0.2, 0.25) is 0 Å². The van der Waals surface area contributed by atoms with Crippen molar-refractivity contribution in [1.82, 2.24) is 0 Å². The molecule has 0 aliphatic heterocycles. The van der Waals surface area contributed by atoms with Crippen LogP contribution in [0.1, 0.15) is 0 Å². The summed E-state index contributed by atoms with van der Waals surface area (Å²) in [6.07, 6.45) is 0. The summed E-state index contributed by atoms with van der Waals surface area (Å²) in [5.74, 6) is 0. The smallest absolute Gasteiger partial charge is 0.263 e. The molecule has 11 heteroatoms. The average Bonchev–Trinajstić information content (AvgIpc) is 1.14. The molecule has 0 heterocycles. The first-order valence-electron chi connectivity index (χ1n) is 1.37. The van der Waals surface area contributed by atoms with E-state index < -0.39 is 20.8 Å². The third-order valence-corrected chi connectivity index (χ3v) is 1.55. The van der Waals surface area contributed by atoms with E-state index in [9.17, 15) is 16.8 Å². The molecule has 1 unspecified atom stereocenters. The van der Waals surface area contributed by atoms with Crippen molar-refractivity contribution in [3.63, 3.8) is 0 Å². The quantitative estimate of drug-likeness (QED) is 0.368. The summed E-state index contributed by atoms with van der Waals surface area (Å²) in [5.41, 5.74) is 0. The van der Waals surface area contributed by atoms with Crippen molar-refractivity contribution < 1.29 is 50.6 Å². The standard InChI is InChI=1S/Mo.H2O7S2.H3P/c;1-8(2,3)7-9(4,5)6;/h;(H,1,2,3)(H,4,5,6);1H3. The molecular weight excluding hydrogens is 303 g/mol. The predicted molar refractivity (Wildman–Crippen MR) is 35.3 cm³/mol. The maximum Gasteiger partial charge on any atom is 0.413 e. The van der Waals surface area contributed by atoms with Crippen LogP contribution in [0, 0.1) is 0 Å². The summed E-state index contributed by atoms with van der Waals surface area (Å²) in [6.45, 7) is 0. The Labute approximate surface area is 81.3 Å². The Kier molecular flexibility index (Phi) is 8.97. The Hall–Kier alpha value is 0.898. The van der Waals surface area contributed by atoms with E-state index in [0.29, 0.717) is 0 Å². The molecule has 0 aromatic carbocycles. The van der Waals surface area contributed by atoms with Crippen molar-refractivity contribution >= 4 is 30.7 Å². The molecule has 2 N–H and O–H groups in total. The Balaban J connectivity index is -0.000000320. The van der Waals surface area contributed by atoms with E-state index in [1.165, 1.54) is 0 Å². The summed E-state index contributed by atoms with van der Waals surface area (Å²) in [5, 5.41) is 0. The van der Waals surface area contributed by atoms with Crippen LogP contribution < -0.4 is 0 Å². The van der Waals surface area contributed by atoms with Crippen LogP contribution in [0.5, 0.6) is 0 Å². The van der Waals surface area contributed by atoms with E-state index in [2.05, 4.69) is 3.63 Å². The third-order valence-electron chi connectivity index (χ3n) is 0.172. The van der Waals surface area contributed by atoms with Crippen molar-refractivity contribution in [3.05, 3.63) is 0 Å². The van der Waals surface area contributed by atoms with Gasteiger partial charge in [0.15, 0.2) is 0 Å². The zero-order chi connectivity index (χ0) is 7.71. The Morgan fingerprint density at radius 2 is 1.09 bits per heavy atom. The van der Waals surface area contributed by atoms with Gasteiger partial charge in [-0.15, -0.1) is 3.63 Å². The molecule has 0 saturated carbocycles. The molecule has 0 aliphatic carbocycles. The van der Waals surface area contributed by atoms with Gasteiger partial charge >= 0.3 is 20.8 Å². The van der Waals surface area contributed by atoms with Crippen LogP contribution in [0.15, 0.2) is 0 Å². The van der Waals surface area contributed by atoms with Crippen LogP contribution in [-0.4, -0.2) is 25.9 Å². The molecule has 0 radical (unpaired) electrons. The van der Waals surface area contributed by atoms with E-state index in [1.807, 2.05) is 0 Å². The summed E-state index contributed by atoms with van der Waals surface area (Å²) >= 11 is 0. The Bertz CT molecular complexity index is 242. The van der Waals surface area contributed by atoms with E-state index in [1.54, 1.807) is 0 Å². The van der Waals surface area contributed by atoms with Gasteiger partial charge in [-0.05, 0) is 0 Å². The second kappa shape index (κ2) is 5.53. The minimum absolute atomic E-state index is 0. The zero-order valence-electron chi connectivity index (χ0n) is 4.87. The van der Waals surface area contributed by atoms with Gasteiger partial charge in [-0.25, -0.2) is 0 Å². The molecule has 0 fully saturated rings. The molecule has 7 nitrogen and oxygen atoms in total.